The molecule has 1 unspecified atom stereocenters. The Morgan fingerprint density at radius 2 is 1.69 bits per heavy atom. The molecule has 0 amide bonds. The van der Waals surface area contributed by atoms with Gasteiger partial charge in [-0.25, -0.2) is 13.3 Å². The number of hydrogen-bond donors (Lipinski definition) is 1. The zero-order chi connectivity index (χ0) is 21.8. The van der Waals surface area contributed by atoms with E-state index in [9.17, 15) is 26.2 Å². The third kappa shape index (κ3) is 6.78. The molecule has 0 radical (unpaired) electrons. The minimum atomic E-state index is -4.76. The second-order valence-corrected chi connectivity index (χ2v) is 9.42. The molecule has 9 heteroatoms. The van der Waals surface area contributed by atoms with Gasteiger partial charge < -0.3 is 4.74 Å². The summed E-state index contributed by atoms with van der Waals surface area (Å²) in [6, 6.07) is 10.9. The van der Waals surface area contributed by atoms with Crippen molar-refractivity contribution >= 4 is 11.0 Å². The molecule has 3 nitrogen and oxygen atoms in total. The Balaban J connectivity index is 2.39. The standard InChI is InChI=1S/C20H22F5NO2S/c1-19(2,3)29(27)26-17(9-13-7-5-4-6-8-13)14-10-15(21)12-16(11-14)28-20(24,25)18(22)23/h4-8,10-12,17-18,26H,9H2,1-3H3/t17?,29-/m0/s1. The fourth-order valence-electron chi connectivity index (χ4n) is 2.43. The summed E-state index contributed by atoms with van der Waals surface area (Å²) in [6.07, 6.45) is -8.57. The fraction of sp³-hybridized carbons (Fsp3) is 0.400. The Morgan fingerprint density at radius 3 is 2.24 bits per heavy atom. The summed E-state index contributed by atoms with van der Waals surface area (Å²) in [4.78, 5) is 0. The molecule has 0 heterocycles. The van der Waals surface area contributed by atoms with Crippen molar-refractivity contribution in [3.05, 3.63) is 65.5 Å². The topological polar surface area (TPSA) is 38.3 Å². The van der Waals surface area contributed by atoms with Gasteiger partial charge in [-0.1, -0.05) is 30.3 Å². The van der Waals surface area contributed by atoms with E-state index in [4.69, 9.17) is 0 Å². The number of nitrogens with one attached hydrogen (secondary N) is 1. The third-order valence-electron chi connectivity index (χ3n) is 3.89. The quantitative estimate of drug-likeness (QED) is 0.564. The van der Waals surface area contributed by atoms with E-state index < -0.39 is 45.9 Å². The molecule has 0 fully saturated rings. The third-order valence-corrected chi connectivity index (χ3v) is 5.50. The zero-order valence-corrected chi connectivity index (χ0v) is 16.9. The van der Waals surface area contributed by atoms with Crippen molar-refractivity contribution in [1.82, 2.24) is 4.72 Å². The van der Waals surface area contributed by atoms with Gasteiger partial charge in [-0.3, -0.25) is 0 Å². The van der Waals surface area contributed by atoms with Crippen LogP contribution in [0.25, 0.3) is 0 Å². The average molecular weight is 435 g/mol. The molecule has 0 bridgehead atoms. The van der Waals surface area contributed by atoms with Crippen molar-refractivity contribution in [3.63, 3.8) is 0 Å². The number of halogens is 5. The van der Waals surface area contributed by atoms with Crippen LogP contribution in [0.1, 0.15) is 37.9 Å². The Labute approximate surface area is 168 Å². The van der Waals surface area contributed by atoms with Gasteiger partial charge in [0, 0.05) is 12.1 Å². The number of alkyl halides is 4. The number of ether oxygens (including phenoxy) is 1. The van der Waals surface area contributed by atoms with E-state index in [1.165, 1.54) is 0 Å². The van der Waals surface area contributed by atoms with Gasteiger partial charge in [0.15, 0.2) is 0 Å². The van der Waals surface area contributed by atoms with Crippen LogP contribution in [0.15, 0.2) is 48.5 Å². The van der Waals surface area contributed by atoms with Crippen LogP contribution in [-0.4, -0.2) is 21.5 Å². The van der Waals surface area contributed by atoms with Gasteiger partial charge in [-0.15, -0.1) is 0 Å². The van der Waals surface area contributed by atoms with Crippen LogP contribution < -0.4 is 9.46 Å². The first kappa shape index (κ1) is 23.3. The van der Waals surface area contributed by atoms with E-state index in [0.29, 0.717) is 6.07 Å². The predicted octanol–water partition coefficient (Wildman–Crippen LogP) is 5.40. The maximum Gasteiger partial charge on any atom is 0.461 e. The van der Waals surface area contributed by atoms with Crippen molar-refractivity contribution in [2.45, 2.75) is 50.5 Å². The van der Waals surface area contributed by atoms with Gasteiger partial charge in [0.05, 0.1) is 15.7 Å². The first-order valence-corrected chi connectivity index (χ1v) is 9.91. The summed E-state index contributed by atoms with van der Waals surface area (Å²) < 4.78 is 84.3. The largest absolute Gasteiger partial charge is 0.461 e. The summed E-state index contributed by atoms with van der Waals surface area (Å²) >= 11 is 0. The summed E-state index contributed by atoms with van der Waals surface area (Å²) in [5.74, 6) is -1.68. The molecule has 2 atom stereocenters. The summed E-state index contributed by atoms with van der Waals surface area (Å²) in [6.45, 7) is 5.21. The molecule has 0 saturated carbocycles. The van der Waals surface area contributed by atoms with E-state index >= 15 is 0 Å². The van der Waals surface area contributed by atoms with Crippen LogP contribution in [-0.2, 0) is 17.4 Å². The Bertz CT molecular complexity index is 841. The molecule has 0 saturated heterocycles. The SMILES string of the molecule is CC(C)(C)[S@](=O)NC(Cc1ccccc1)c1cc(F)cc(OC(F)(F)C(F)F)c1. The molecule has 2 rings (SSSR count). The zero-order valence-electron chi connectivity index (χ0n) is 16.1. The van der Waals surface area contributed by atoms with E-state index in [-0.39, 0.29) is 12.0 Å². The molecule has 0 spiro atoms. The monoisotopic (exact) mass is 435 g/mol. The lowest BCUT2D eigenvalue weighted by Crippen LogP contribution is -2.36. The number of hydrogen-bond acceptors (Lipinski definition) is 2. The highest BCUT2D eigenvalue weighted by molar-refractivity contribution is 7.84. The highest BCUT2D eigenvalue weighted by atomic mass is 32.2. The van der Waals surface area contributed by atoms with Crippen molar-refractivity contribution in [1.29, 1.82) is 0 Å². The van der Waals surface area contributed by atoms with E-state index in [0.717, 1.165) is 17.7 Å². The van der Waals surface area contributed by atoms with Crippen LogP contribution in [0.5, 0.6) is 5.75 Å². The van der Waals surface area contributed by atoms with Crippen molar-refractivity contribution in [3.8, 4) is 5.75 Å². The van der Waals surface area contributed by atoms with Crippen LogP contribution >= 0.6 is 0 Å². The number of benzene rings is 2. The maximum atomic E-state index is 14.1. The fourth-order valence-corrected chi connectivity index (χ4v) is 3.26. The van der Waals surface area contributed by atoms with Gasteiger partial charge in [0.1, 0.15) is 11.6 Å². The Morgan fingerprint density at radius 1 is 1.07 bits per heavy atom. The Hall–Kier alpha value is -2.00. The van der Waals surface area contributed by atoms with Gasteiger partial charge in [0.2, 0.25) is 0 Å². The van der Waals surface area contributed by atoms with Crippen molar-refractivity contribution < 1.29 is 30.9 Å². The summed E-state index contributed by atoms with van der Waals surface area (Å²) in [5.41, 5.74) is 0.965. The molecule has 2 aromatic rings. The first-order chi connectivity index (χ1) is 13.4. The van der Waals surface area contributed by atoms with Crippen LogP contribution in [0, 0.1) is 5.82 Å². The average Bonchev–Trinajstić information content (AvgIpc) is 2.60. The van der Waals surface area contributed by atoms with Gasteiger partial charge >= 0.3 is 12.5 Å². The molecule has 0 aliphatic rings. The van der Waals surface area contributed by atoms with Crippen LogP contribution in [0.3, 0.4) is 0 Å². The number of rotatable bonds is 8. The summed E-state index contributed by atoms with van der Waals surface area (Å²) in [5, 5.41) is 0. The van der Waals surface area contributed by atoms with Crippen LogP contribution in [0.2, 0.25) is 0 Å². The molecular formula is C20H22F5NO2S. The van der Waals surface area contributed by atoms with Gasteiger partial charge in [-0.2, -0.15) is 17.6 Å². The normalized spacial score (nSPS) is 14.7. The first-order valence-electron chi connectivity index (χ1n) is 8.76. The van der Waals surface area contributed by atoms with Gasteiger partial charge in [-0.05, 0) is 50.5 Å². The lowest BCUT2D eigenvalue weighted by molar-refractivity contribution is -0.253. The second-order valence-electron chi connectivity index (χ2n) is 7.43. The molecule has 2 aromatic carbocycles. The smallest absolute Gasteiger partial charge is 0.428 e. The molecule has 29 heavy (non-hydrogen) atoms. The maximum absolute atomic E-state index is 14.1. The van der Waals surface area contributed by atoms with Crippen molar-refractivity contribution in [2.75, 3.05) is 0 Å². The highest BCUT2D eigenvalue weighted by Crippen LogP contribution is 2.31. The molecule has 0 aliphatic carbocycles. The second kappa shape index (κ2) is 9.21. The minimum absolute atomic E-state index is 0.145. The molecular weight excluding hydrogens is 413 g/mol. The minimum Gasteiger partial charge on any atom is -0.428 e. The lowest BCUT2D eigenvalue weighted by Gasteiger charge is -2.25. The van der Waals surface area contributed by atoms with E-state index in [1.54, 1.807) is 51.1 Å². The van der Waals surface area contributed by atoms with E-state index in [1.807, 2.05) is 0 Å². The lowest BCUT2D eigenvalue weighted by atomic mass is 9.99. The van der Waals surface area contributed by atoms with Crippen LogP contribution in [0.4, 0.5) is 22.0 Å². The van der Waals surface area contributed by atoms with E-state index in [2.05, 4.69) is 9.46 Å². The van der Waals surface area contributed by atoms with Crippen molar-refractivity contribution in [2.24, 2.45) is 0 Å². The summed E-state index contributed by atoms with van der Waals surface area (Å²) in [7, 11) is -1.56. The highest BCUT2D eigenvalue weighted by Gasteiger charge is 2.44. The van der Waals surface area contributed by atoms with Gasteiger partial charge in [0.25, 0.3) is 0 Å². The molecule has 160 valence electrons. The Kier molecular flexibility index (Phi) is 7.40. The molecule has 0 aliphatic heterocycles. The predicted molar refractivity (Wildman–Crippen MR) is 102 cm³/mol. The molecule has 1 N–H and O–H groups in total. The molecule has 0 aromatic heterocycles.